The predicted molar refractivity (Wildman–Crippen MR) is 128 cm³/mol. The third-order valence-electron chi connectivity index (χ3n) is 5.60. The summed E-state index contributed by atoms with van der Waals surface area (Å²) in [7, 11) is 2.01. The quantitative estimate of drug-likeness (QED) is 0.595. The summed E-state index contributed by atoms with van der Waals surface area (Å²) in [5.41, 5.74) is 3.59. The van der Waals surface area contributed by atoms with Crippen LogP contribution in [-0.2, 0) is 4.79 Å². The number of anilines is 1. The van der Waals surface area contributed by atoms with Crippen LogP contribution in [0.25, 0.3) is 16.9 Å². The average Bonchev–Trinajstić information content (AvgIpc) is 3.14. The largest absolute Gasteiger partial charge is 0.370 e. The van der Waals surface area contributed by atoms with E-state index in [9.17, 15) is 4.79 Å². The zero-order chi connectivity index (χ0) is 21.1. The highest BCUT2D eigenvalue weighted by molar-refractivity contribution is 7.99. The van der Waals surface area contributed by atoms with E-state index in [4.69, 9.17) is 16.6 Å². The first-order chi connectivity index (χ1) is 14.6. The molecule has 1 aromatic carbocycles. The monoisotopic (exact) mass is 441 g/mol. The lowest BCUT2D eigenvalue weighted by Crippen LogP contribution is -2.40. The number of carbonyl (C=O) groups is 1. The lowest BCUT2D eigenvalue weighted by atomic mass is 9.97. The van der Waals surface area contributed by atoms with Crippen molar-refractivity contribution in [1.82, 2.24) is 19.5 Å². The molecule has 0 aliphatic carbocycles. The molecule has 1 fully saturated rings. The Labute approximate surface area is 186 Å². The second-order valence-electron chi connectivity index (χ2n) is 7.71. The van der Waals surface area contributed by atoms with Gasteiger partial charge in [-0.2, -0.15) is 21.4 Å². The van der Waals surface area contributed by atoms with Crippen LogP contribution in [0.15, 0.2) is 36.5 Å². The van der Waals surface area contributed by atoms with Crippen LogP contribution >= 0.6 is 23.4 Å². The van der Waals surface area contributed by atoms with Crippen molar-refractivity contribution in [2.45, 2.75) is 12.8 Å². The molecule has 1 aliphatic rings. The molecule has 0 radical (unpaired) electrons. The van der Waals surface area contributed by atoms with Gasteiger partial charge in [0.1, 0.15) is 13.7 Å². The van der Waals surface area contributed by atoms with Crippen LogP contribution in [0.3, 0.4) is 0 Å². The van der Waals surface area contributed by atoms with Gasteiger partial charge in [0.25, 0.3) is 0 Å². The zero-order valence-electron chi connectivity index (χ0n) is 17.3. The first-order valence-electron chi connectivity index (χ1n) is 10.2. The highest BCUT2D eigenvalue weighted by atomic mass is 35.5. The van der Waals surface area contributed by atoms with Crippen LogP contribution in [0, 0.1) is 5.92 Å². The van der Waals surface area contributed by atoms with E-state index in [1.54, 1.807) is 11.8 Å². The fourth-order valence-electron chi connectivity index (χ4n) is 3.86. The number of amides is 1. The molecule has 30 heavy (non-hydrogen) atoms. The van der Waals surface area contributed by atoms with Crippen LogP contribution in [0.4, 0.5) is 5.82 Å². The molecule has 6 nitrogen and oxygen atoms in total. The van der Waals surface area contributed by atoms with Gasteiger partial charge in [0.15, 0.2) is 5.65 Å². The molecule has 0 spiro atoms. The number of hydrogen-bond acceptors (Lipinski definition) is 5. The van der Waals surface area contributed by atoms with E-state index in [1.165, 1.54) is 0 Å². The molecular weight excluding hydrogens is 417 g/mol. The predicted octanol–water partition coefficient (Wildman–Crippen LogP) is 2.32. The summed E-state index contributed by atoms with van der Waals surface area (Å²) in [6, 6.07) is 9.76. The van der Waals surface area contributed by atoms with Crippen molar-refractivity contribution in [2.24, 2.45) is 5.92 Å². The number of halogens is 1. The Hall–Kier alpha value is -2.19. The van der Waals surface area contributed by atoms with Crippen molar-refractivity contribution in [1.29, 1.82) is 0 Å². The fraction of sp³-hybridized carbons (Fsp3) is 0.381. The number of rotatable bonds is 6. The van der Waals surface area contributed by atoms with Crippen LogP contribution in [0.2, 0.25) is 5.02 Å². The topological polar surface area (TPSA) is 62.5 Å². The molecule has 3 heterocycles. The number of aromatic nitrogens is 3. The number of carbonyl (C=O) groups excluding carboxylic acids is 1. The van der Waals surface area contributed by atoms with Crippen molar-refractivity contribution in [3.8, 4) is 11.3 Å². The lowest BCUT2D eigenvalue weighted by Gasteiger charge is -2.32. The Balaban J connectivity index is 1.51. The highest BCUT2D eigenvalue weighted by Gasteiger charge is 2.22. The van der Waals surface area contributed by atoms with E-state index in [1.807, 2.05) is 60.0 Å². The number of hydrogen-bond donors (Lipinski definition) is 1. The van der Waals surface area contributed by atoms with Crippen molar-refractivity contribution in [2.75, 3.05) is 37.0 Å². The van der Waals surface area contributed by atoms with Crippen LogP contribution < -0.4 is 10.8 Å². The number of piperidine rings is 1. The third kappa shape index (κ3) is 4.44. The van der Waals surface area contributed by atoms with E-state index in [2.05, 4.69) is 10.4 Å². The Kier molecular flexibility index (Phi) is 6.54. The van der Waals surface area contributed by atoms with Crippen LogP contribution in [0.5, 0.6) is 0 Å². The molecule has 1 amide bonds. The molecule has 1 aliphatic heterocycles. The molecule has 0 unspecified atom stereocenters. The van der Waals surface area contributed by atoms with Gasteiger partial charge in [-0.1, -0.05) is 29.8 Å². The number of nitrogens with zero attached hydrogens (tertiary/aromatic N) is 4. The maximum Gasteiger partial charge on any atom is 0.232 e. The average molecular weight is 442 g/mol. The SMILES string of the molecule is Bc1cnn2c(NCC3CCN(C(=O)CSC)CC3)cc(-c3ccccc3Cl)nc12. The second-order valence-corrected chi connectivity index (χ2v) is 8.98. The molecule has 2 aromatic heterocycles. The number of thioether (sulfide) groups is 1. The maximum atomic E-state index is 12.1. The number of likely N-dealkylation sites (tertiary alicyclic amines) is 1. The van der Waals surface area contributed by atoms with Gasteiger partial charge in [-0.25, -0.2) is 4.98 Å². The minimum absolute atomic E-state index is 0.251. The minimum atomic E-state index is 0.251. The molecule has 3 aromatic rings. The molecule has 4 rings (SSSR count). The molecule has 9 heteroatoms. The van der Waals surface area contributed by atoms with Gasteiger partial charge in [0, 0.05) is 42.5 Å². The van der Waals surface area contributed by atoms with Gasteiger partial charge in [-0.05, 0) is 36.5 Å². The van der Waals surface area contributed by atoms with Gasteiger partial charge in [-0.15, -0.1) is 0 Å². The molecular formula is C21H25BClN5OS. The van der Waals surface area contributed by atoms with Gasteiger partial charge in [-0.3, -0.25) is 4.79 Å². The summed E-state index contributed by atoms with van der Waals surface area (Å²) in [6.07, 6.45) is 5.82. The normalized spacial score (nSPS) is 14.9. The minimum Gasteiger partial charge on any atom is -0.370 e. The van der Waals surface area contributed by atoms with Crippen molar-refractivity contribution in [3.63, 3.8) is 0 Å². The Morgan fingerprint density at radius 1 is 1.33 bits per heavy atom. The zero-order valence-corrected chi connectivity index (χ0v) is 18.8. The van der Waals surface area contributed by atoms with E-state index < -0.39 is 0 Å². The number of fused-ring (bicyclic) bond motifs is 1. The van der Waals surface area contributed by atoms with E-state index in [0.29, 0.717) is 16.7 Å². The smallest absolute Gasteiger partial charge is 0.232 e. The van der Waals surface area contributed by atoms with E-state index >= 15 is 0 Å². The third-order valence-corrected chi connectivity index (χ3v) is 6.47. The number of benzene rings is 1. The van der Waals surface area contributed by atoms with Crippen molar-refractivity contribution < 1.29 is 4.79 Å². The Morgan fingerprint density at radius 3 is 2.83 bits per heavy atom. The lowest BCUT2D eigenvalue weighted by molar-refractivity contribution is -0.129. The highest BCUT2D eigenvalue weighted by Crippen LogP contribution is 2.28. The fourth-order valence-corrected chi connectivity index (χ4v) is 4.52. The summed E-state index contributed by atoms with van der Waals surface area (Å²) >= 11 is 8.01. The molecule has 156 valence electrons. The second kappa shape index (κ2) is 9.31. The Bertz CT molecular complexity index is 1050. The van der Waals surface area contributed by atoms with Crippen molar-refractivity contribution in [3.05, 3.63) is 41.6 Å². The van der Waals surface area contributed by atoms with E-state index in [-0.39, 0.29) is 5.91 Å². The summed E-state index contributed by atoms with van der Waals surface area (Å²) in [4.78, 5) is 18.9. The summed E-state index contributed by atoms with van der Waals surface area (Å²) in [5, 5.41) is 8.76. The summed E-state index contributed by atoms with van der Waals surface area (Å²) < 4.78 is 1.85. The number of nitrogens with one attached hydrogen (secondary N) is 1. The van der Waals surface area contributed by atoms with Gasteiger partial charge in [0.05, 0.1) is 11.4 Å². The standard InChI is InChI=1S/C21H25BClN5OS/c1-30-13-20(29)27-8-6-14(7-9-27)11-24-19-10-18(15-4-2-3-5-17(15)23)26-21-16(22)12-25-28(19)21/h2-5,10,12,14,24H,6-9,11,13,22H2,1H3. The first kappa shape index (κ1) is 21.1. The van der Waals surface area contributed by atoms with E-state index in [0.717, 1.165) is 60.7 Å². The van der Waals surface area contributed by atoms with Gasteiger partial charge < -0.3 is 10.2 Å². The first-order valence-corrected chi connectivity index (χ1v) is 11.9. The van der Waals surface area contributed by atoms with Crippen molar-refractivity contribution >= 4 is 54.0 Å². The molecule has 0 saturated carbocycles. The van der Waals surface area contributed by atoms with Gasteiger partial charge in [0.2, 0.25) is 5.91 Å². The molecule has 1 saturated heterocycles. The van der Waals surface area contributed by atoms with Gasteiger partial charge >= 0.3 is 0 Å². The Morgan fingerprint density at radius 2 is 2.10 bits per heavy atom. The summed E-state index contributed by atoms with van der Waals surface area (Å²) in [6.45, 7) is 2.51. The molecule has 0 bridgehead atoms. The molecule has 0 atom stereocenters. The van der Waals surface area contributed by atoms with Crippen LogP contribution in [0.1, 0.15) is 12.8 Å². The molecule has 1 N–H and O–H groups in total. The van der Waals surface area contributed by atoms with Crippen LogP contribution in [-0.4, -0.2) is 64.9 Å². The summed E-state index contributed by atoms with van der Waals surface area (Å²) in [5.74, 6) is 2.25. The maximum absolute atomic E-state index is 12.1.